The summed E-state index contributed by atoms with van der Waals surface area (Å²) in [5, 5.41) is 8.84. The summed E-state index contributed by atoms with van der Waals surface area (Å²) >= 11 is 0. The number of nitrogens with one attached hydrogen (secondary N) is 1. The molecule has 0 bridgehead atoms. The molecule has 130 valence electrons. The number of aryl methyl sites for hydroxylation is 1. The van der Waals surface area contributed by atoms with Crippen molar-refractivity contribution >= 4 is 22.4 Å². The number of aromatic nitrogens is 2. The van der Waals surface area contributed by atoms with Crippen molar-refractivity contribution < 1.29 is 0 Å². The predicted octanol–water partition coefficient (Wildman–Crippen LogP) is 3.00. The Morgan fingerprint density at radius 1 is 1.15 bits per heavy atom. The van der Waals surface area contributed by atoms with Crippen LogP contribution < -0.4 is 5.32 Å². The molecule has 0 saturated carbocycles. The minimum absolute atomic E-state index is 0.846. The van der Waals surface area contributed by atoms with E-state index in [1.54, 1.807) is 0 Å². The Morgan fingerprint density at radius 3 is 3.00 bits per heavy atom. The van der Waals surface area contributed by atoms with Gasteiger partial charge in [0, 0.05) is 37.3 Å². The van der Waals surface area contributed by atoms with E-state index in [-0.39, 0.29) is 0 Å². The highest BCUT2D eigenvalue weighted by Gasteiger charge is 2.19. The van der Waals surface area contributed by atoms with E-state index in [4.69, 9.17) is 4.99 Å². The number of allylic oxidation sites excluding steroid dienone is 2. The molecule has 3 aliphatic heterocycles. The monoisotopic (exact) mass is 343 g/mol. The highest BCUT2D eigenvalue weighted by molar-refractivity contribution is 6.00. The van der Waals surface area contributed by atoms with E-state index in [1.165, 1.54) is 11.1 Å². The van der Waals surface area contributed by atoms with Crippen LogP contribution in [-0.4, -0.2) is 40.2 Å². The molecule has 0 amide bonds. The fraction of sp³-hybridized carbons (Fsp3) is 0.238. The maximum Gasteiger partial charge on any atom is 0.133 e. The molecule has 0 unspecified atom stereocenters. The SMILES string of the molecule is Cn1ncc2cc(C3=CCN4C=C(C5=CCNCC5)C=CC4=N3)ccc21. The van der Waals surface area contributed by atoms with E-state index in [2.05, 4.69) is 64.0 Å². The third kappa shape index (κ3) is 2.61. The molecule has 5 rings (SSSR count). The van der Waals surface area contributed by atoms with Gasteiger partial charge in [-0.2, -0.15) is 5.10 Å². The zero-order valence-corrected chi connectivity index (χ0v) is 14.8. The number of rotatable bonds is 2. The predicted molar refractivity (Wildman–Crippen MR) is 106 cm³/mol. The van der Waals surface area contributed by atoms with Crippen LogP contribution in [-0.2, 0) is 7.05 Å². The van der Waals surface area contributed by atoms with E-state index in [0.717, 1.165) is 54.1 Å². The van der Waals surface area contributed by atoms with Gasteiger partial charge in [0.25, 0.3) is 0 Å². The van der Waals surface area contributed by atoms with Gasteiger partial charge in [0.05, 0.1) is 17.4 Å². The molecule has 0 radical (unpaired) electrons. The van der Waals surface area contributed by atoms with Gasteiger partial charge in [-0.15, -0.1) is 0 Å². The van der Waals surface area contributed by atoms with Crippen LogP contribution in [0.1, 0.15) is 12.0 Å². The van der Waals surface area contributed by atoms with Gasteiger partial charge in [-0.05, 0) is 54.5 Å². The average Bonchev–Trinajstić information content (AvgIpc) is 3.08. The minimum Gasteiger partial charge on any atom is -0.328 e. The van der Waals surface area contributed by atoms with Crippen LogP contribution in [0.25, 0.3) is 16.6 Å². The van der Waals surface area contributed by atoms with Gasteiger partial charge in [0.1, 0.15) is 5.84 Å². The summed E-state index contributed by atoms with van der Waals surface area (Å²) in [5.74, 6) is 1.01. The lowest BCUT2D eigenvalue weighted by Gasteiger charge is -2.28. The third-order valence-corrected chi connectivity index (χ3v) is 5.19. The molecule has 1 N–H and O–H groups in total. The van der Waals surface area contributed by atoms with Gasteiger partial charge in [0.2, 0.25) is 0 Å². The minimum atomic E-state index is 0.846. The van der Waals surface area contributed by atoms with Crippen LogP contribution in [0.2, 0.25) is 0 Å². The number of aliphatic imine (C=N–C) groups is 1. The Bertz CT molecular complexity index is 1030. The standard InChI is InChI=1S/C21H21N5/c1-25-20-4-2-16(12-18(20)13-23-25)19-8-11-26-14-17(3-5-21(26)24-19)15-6-9-22-10-7-15/h2-6,8,12-14,22H,7,9-11H2,1H3. The molecule has 2 aromatic rings. The quantitative estimate of drug-likeness (QED) is 0.912. The molecule has 5 nitrogen and oxygen atoms in total. The van der Waals surface area contributed by atoms with Crippen molar-refractivity contribution in [3.05, 3.63) is 71.6 Å². The van der Waals surface area contributed by atoms with Gasteiger partial charge < -0.3 is 10.2 Å². The maximum atomic E-state index is 4.88. The van der Waals surface area contributed by atoms with Crippen molar-refractivity contribution in [3.8, 4) is 0 Å². The lowest BCUT2D eigenvalue weighted by atomic mass is 9.98. The second kappa shape index (κ2) is 6.11. The van der Waals surface area contributed by atoms with E-state index >= 15 is 0 Å². The number of amidine groups is 1. The third-order valence-electron chi connectivity index (χ3n) is 5.19. The molecule has 3 aliphatic rings. The van der Waals surface area contributed by atoms with E-state index in [9.17, 15) is 0 Å². The van der Waals surface area contributed by atoms with Crippen LogP contribution in [0.4, 0.5) is 0 Å². The normalized spacial score (nSPS) is 19.7. The van der Waals surface area contributed by atoms with E-state index < -0.39 is 0 Å². The molecule has 0 atom stereocenters. The van der Waals surface area contributed by atoms with Crippen molar-refractivity contribution in [1.29, 1.82) is 0 Å². The van der Waals surface area contributed by atoms with Crippen molar-refractivity contribution in [2.45, 2.75) is 6.42 Å². The molecule has 0 fully saturated rings. The fourth-order valence-electron chi connectivity index (χ4n) is 3.72. The fourth-order valence-corrected chi connectivity index (χ4v) is 3.72. The second-order valence-electron chi connectivity index (χ2n) is 6.85. The van der Waals surface area contributed by atoms with E-state index in [0.29, 0.717) is 0 Å². The summed E-state index contributed by atoms with van der Waals surface area (Å²) in [7, 11) is 1.97. The zero-order valence-electron chi connectivity index (χ0n) is 14.8. The Kier molecular flexibility index (Phi) is 3.60. The molecular weight excluding hydrogens is 322 g/mol. The molecule has 1 aromatic carbocycles. The highest BCUT2D eigenvalue weighted by Crippen LogP contribution is 2.28. The Balaban J connectivity index is 1.42. The van der Waals surface area contributed by atoms with Crippen molar-refractivity contribution in [3.63, 3.8) is 0 Å². The molecule has 26 heavy (non-hydrogen) atoms. The van der Waals surface area contributed by atoms with Crippen LogP contribution in [0, 0.1) is 0 Å². The summed E-state index contributed by atoms with van der Waals surface area (Å²) in [6.07, 6.45) is 14.0. The Labute approximate surface area is 152 Å². The smallest absolute Gasteiger partial charge is 0.133 e. The van der Waals surface area contributed by atoms with Crippen molar-refractivity contribution in [1.82, 2.24) is 20.0 Å². The Morgan fingerprint density at radius 2 is 2.12 bits per heavy atom. The molecule has 1 aromatic heterocycles. The number of hydrogen-bond acceptors (Lipinski definition) is 4. The number of benzene rings is 1. The number of hydrogen-bond donors (Lipinski definition) is 1. The summed E-state index contributed by atoms with van der Waals surface area (Å²) in [6.45, 7) is 2.86. The second-order valence-corrected chi connectivity index (χ2v) is 6.85. The van der Waals surface area contributed by atoms with E-state index in [1.807, 2.05) is 17.9 Å². The molecular formula is C21H21N5. The largest absolute Gasteiger partial charge is 0.328 e. The van der Waals surface area contributed by atoms with Gasteiger partial charge in [-0.1, -0.05) is 12.1 Å². The molecule has 0 aliphatic carbocycles. The molecule has 0 spiro atoms. The van der Waals surface area contributed by atoms with Crippen LogP contribution >= 0.6 is 0 Å². The first-order chi connectivity index (χ1) is 12.8. The summed E-state index contributed by atoms with van der Waals surface area (Å²) in [4.78, 5) is 7.11. The molecule has 4 heterocycles. The van der Waals surface area contributed by atoms with Gasteiger partial charge in [-0.25, -0.2) is 4.99 Å². The molecule has 0 saturated heterocycles. The van der Waals surface area contributed by atoms with Crippen molar-refractivity contribution in [2.75, 3.05) is 19.6 Å². The van der Waals surface area contributed by atoms with Crippen LogP contribution in [0.3, 0.4) is 0 Å². The first-order valence-electron chi connectivity index (χ1n) is 9.05. The zero-order chi connectivity index (χ0) is 17.5. The van der Waals surface area contributed by atoms with Gasteiger partial charge in [0.15, 0.2) is 0 Å². The van der Waals surface area contributed by atoms with Crippen molar-refractivity contribution in [2.24, 2.45) is 12.0 Å². The average molecular weight is 343 g/mol. The first-order valence-corrected chi connectivity index (χ1v) is 9.05. The number of nitrogens with zero attached hydrogens (tertiary/aromatic N) is 4. The summed E-state index contributed by atoms with van der Waals surface area (Å²) in [5.41, 5.74) is 6.04. The lowest BCUT2D eigenvalue weighted by molar-refractivity contribution is 0.609. The highest BCUT2D eigenvalue weighted by atomic mass is 15.2. The number of fused-ring (bicyclic) bond motifs is 2. The molecule has 5 heteroatoms. The van der Waals surface area contributed by atoms with Crippen LogP contribution in [0.5, 0.6) is 0 Å². The Hall–Kier alpha value is -2.92. The van der Waals surface area contributed by atoms with Crippen LogP contribution in [0.15, 0.2) is 71.0 Å². The maximum absolute atomic E-state index is 4.88. The first kappa shape index (κ1) is 15.3. The van der Waals surface area contributed by atoms with Gasteiger partial charge >= 0.3 is 0 Å². The van der Waals surface area contributed by atoms with Gasteiger partial charge in [-0.3, -0.25) is 4.68 Å². The topological polar surface area (TPSA) is 45.5 Å². The summed E-state index contributed by atoms with van der Waals surface area (Å²) < 4.78 is 1.90. The lowest BCUT2D eigenvalue weighted by Crippen LogP contribution is -2.30. The summed E-state index contributed by atoms with van der Waals surface area (Å²) in [6, 6.07) is 6.41.